The number of nitrogens with one attached hydrogen (secondary N) is 2. The number of carbonyl (C=O) groups is 2. The molecule has 2 N–H and O–H groups in total. The maximum atomic E-state index is 13.1. The summed E-state index contributed by atoms with van der Waals surface area (Å²) in [5.41, 5.74) is 3.31. The predicted octanol–water partition coefficient (Wildman–Crippen LogP) is 3.66. The van der Waals surface area contributed by atoms with E-state index in [1.165, 1.54) is 13.0 Å². The molecule has 1 aliphatic rings. The normalized spacial score (nSPS) is 14.5. The fraction of sp³-hybridized carbons (Fsp3) is 0.417. The van der Waals surface area contributed by atoms with Crippen LogP contribution >= 0.6 is 0 Å². The minimum atomic E-state index is -3.93. The zero-order valence-electron chi connectivity index (χ0n) is 19.2. The van der Waals surface area contributed by atoms with Crippen molar-refractivity contribution in [3.05, 3.63) is 53.6 Å². The van der Waals surface area contributed by atoms with Crippen molar-refractivity contribution in [1.82, 2.24) is 4.72 Å². The van der Waals surface area contributed by atoms with E-state index in [9.17, 15) is 18.0 Å². The second-order valence-corrected chi connectivity index (χ2v) is 10.5. The van der Waals surface area contributed by atoms with Gasteiger partial charge in [0.25, 0.3) is 0 Å². The van der Waals surface area contributed by atoms with Gasteiger partial charge in [-0.1, -0.05) is 39.8 Å². The number of nitrogens with zero attached hydrogens (tertiary/aromatic N) is 1. The average Bonchev–Trinajstić information content (AvgIpc) is 3.16. The van der Waals surface area contributed by atoms with Gasteiger partial charge in [-0.15, -0.1) is 0 Å². The molecule has 32 heavy (non-hydrogen) atoms. The molecular formula is C24H31N3O4S. The van der Waals surface area contributed by atoms with Crippen LogP contribution in [0.3, 0.4) is 0 Å². The van der Waals surface area contributed by atoms with Gasteiger partial charge in [0.15, 0.2) is 0 Å². The Hall–Kier alpha value is -2.71. The van der Waals surface area contributed by atoms with E-state index in [0.717, 1.165) is 16.8 Å². The standard InChI is InChI=1S/C24H31N3O4S/c1-15(2)18-6-8-20(9-7-18)25-24(29)23(16(3)4)26-32(30,31)21-10-11-22-19(14-21)12-13-27(22)17(5)28/h6-11,14-16,23,26H,12-13H2,1-5H3,(H,25,29). The highest BCUT2D eigenvalue weighted by Crippen LogP contribution is 2.30. The Kier molecular flexibility index (Phi) is 7.05. The Morgan fingerprint density at radius 2 is 1.66 bits per heavy atom. The summed E-state index contributed by atoms with van der Waals surface area (Å²) >= 11 is 0. The van der Waals surface area contributed by atoms with Crippen LogP contribution in [0.1, 0.15) is 51.7 Å². The van der Waals surface area contributed by atoms with Crippen LogP contribution in [-0.4, -0.2) is 32.8 Å². The maximum Gasteiger partial charge on any atom is 0.242 e. The summed E-state index contributed by atoms with van der Waals surface area (Å²) in [7, 11) is -3.93. The van der Waals surface area contributed by atoms with Gasteiger partial charge in [-0.3, -0.25) is 9.59 Å². The molecule has 0 saturated heterocycles. The highest BCUT2D eigenvalue weighted by molar-refractivity contribution is 7.89. The highest BCUT2D eigenvalue weighted by atomic mass is 32.2. The number of hydrogen-bond acceptors (Lipinski definition) is 4. The number of hydrogen-bond donors (Lipinski definition) is 2. The highest BCUT2D eigenvalue weighted by Gasteiger charge is 2.30. The molecule has 0 bridgehead atoms. The largest absolute Gasteiger partial charge is 0.325 e. The summed E-state index contributed by atoms with van der Waals surface area (Å²) in [6.07, 6.45) is 0.596. The summed E-state index contributed by atoms with van der Waals surface area (Å²) in [6, 6.07) is 11.3. The first kappa shape index (κ1) is 23.9. The van der Waals surface area contributed by atoms with Crippen molar-refractivity contribution >= 4 is 33.2 Å². The molecule has 2 aromatic rings. The van der Waals surface area contributed by atoms with Crippen LogP contribution in [-0.2, 0) is 26.0 Å². The van der Waals surface area contributed by atoms with Crippen LogP contribution in [0.5, 0.6) is 0 Å². The lowest BCUT2D eigenvalue weighted by atomic mass is 10.0. The molecule has 2 aromatic carbocycles. The Morgan fingerprint density at radius 3 is 2.22 bits per heavy atom. The van der Waals surface area contributed by atoms with Gasteiger partial charge in [-0.05, 0) is 59.7 Å². The molecule has 0 aliphatic carbocycles. The Labute approximate surface area is 190 Å². The fourth-order valence-electron chi connectivity index (χ4n) is 3.77. The molecule has 7 nitrogen and oxygen atoms in total. The van der Waals surface area contributed by atoms with E-state index >= 15 is 0 Å². The molecule has 0 fully saturated rings. The van der Waals surface area contributed by atoms with Crippen LogP contribution in [0, 0.1) is 5.92 Å². The van der Waals surface area contributed by atoms with Crippen LogP contribution in [0.2, 0.25) is 0 Å². The van der Waals surface area contributed by atoms with Crippen molar-refractivity contribution in [2.75, 3.05) is 16.8 Å². The van der Waals surface area contributed by atoms with Crippen LogP contribution in [0.4, 0.5) is 11.4 Å². The van der Waals surface area contributed by atoms with E-state index in [1.54, 1.807) is 30.9 Å². The van der Waals surface area contributed by atoms with Gasteiger partial charge >= 0.3 is 0 Å². The SMILES string of the molecule is CC(=O)N1CCc2cc(S(=O)(=O)NC(C(=O)Nc3ccc(C(C)C)cc3)C(C)C)ccc21. The molecule has 1 unspecified atom stereocenters. The maximum absolute atomic E-state index is 13.1. The second-order valence-electron chi connectivity index (χ2n) is 8.82. The molecule has 3 rings (SSSR count). The Morgan fingerprint density at radius 1 is 1.00 bits per heavy atom. The number of carbonyl (C=O) groups excluding carboxylic acids is 2. The summed E-state index contributed by atoms with van der Waals surface area (Å²) in [6.45, 7) is 9.80. The monoisotopic (exact) mass is 457 g/mol. The van der Waals surface area contributed by atoms with Crippen LogP contribution in [0.25, 0.3) is 0 Å². The van der Waals surface area contributed by atoms with Crippen molar-refractivity contribution in [2.45, 2.75) is 57.9 Å². The van der Waals surface area contributed by atoms with Crippen molar-refractivity contribution < 1.29 is 18.0 Å². The Balaban J connectivity index is 1.77. The number of benzene rings is 2. The topological polar surface area (TPSA) is 95.6 Å². The van der Waals surface area contributed by atoms with E-state index in [-0.39, 0.29) is 16.7 Å². The van der Waals surface area contributed by atoms with E-state index in [0.29, 0.717) is 24.6 Å². The predicted molar refractivity (Wildman–Crippen MR) is 126 cm³/mol. The molecule has 0 saturated carbocycles. The molecule has 8 heteroatoms. The first-order chi connectivity index (χ1) is 15.0. The van der Waals surface area contributed by atoms with Crippen LogP contribution in [0.15, 0.2) is 47.4 Å². The number of sulfonamides is 1. The van der Waals surface area contributed by atoms with Crippen molar-refractivity contribution in [2.24, 2.45) is 5.92 Å². The quantitative estimate of drug-likeness (QED) is 0.663. The molecule has 172 valence electrons. The molecular weight excluding hydrogens is 426 g/mol. The van der Waals surface area contributed by atoms with Crippen molar-refractivity contribution in [3.8, 4) is 0 Å². The molecule has 0 aromatic heterocycles. The number of rotatable bonds is 7. The third-order valence-corrected chi connectivity index (χ3v) is 7.15. The van der Waals surface area contributed by atoms with Gasteiger partial charge in [0, 0.05) is 24.8 Å². The minimum absolute atomic E-state index is 0.0737. The van der Waals surface area contributed by atoms with E-state index < -0.39 is 22.0 Å². The van der Waals surface area contributed by atoms with Gasteiger partial charge in [0.05, 0.1) is 4.90 Å². The van der Waals surface area contributed by atoms with Gasteiger partial charge in [-0.2, -0.15) is 4.72 Å². The fourth-order valence-corrected chi connectivity index (χ4v) is 5.17. The van der Waals surface area contributed by atoms with E-state index in [1.807, 2.05) is 24.3 Å². The summed E-state index contributed by atoms with van der Waals surface area (Å²) in [5, 5.41) is 2.81. The Bertz CT molecular complexity index is 1110. The lowest BCUT2D eigenvalue weighted by Crippen LogP contribution is -2.47. The third kappa shape index (κ3) is 5.19. The average molecular weight is 458 g/mol. The zero-order valence-corrected chi connectivity index (χ0v) is 20.0. The van der Waals surface area contributed by atoms with Gasteiger partial charge < -0.3 is 10.2 Å². The number of amides is 2. The van der Waals surface area contributed by atoms with Gasteiger partial charge in [-0.25, -0.2) is 8.42 Å². The number of anilines is 2. The van der Waals surface area contributed by atoms with Gasteiger partial charge in [0.2, 0.25) is 21.8 Å². The minimum Gasteiger partial charge on any atom is -0.325 e. The second kappa shape index (κ2) is 9.42. The lowest BCUT2D eigenvalue weighted by Gasteiger charge is -2.22. The summed E-state index contributed by atoms with van der Waals surface area (Å²) < 4.78 is 28.7. The van der Waals surface area contributed by atoms with E-state index in [4.69, 9.17) is 0 Å². The van der Waals surface area contributed by atoms with Crippen LogP contribution < -0.4 is 14.9 Å². The summed E-state index contributed by atoms with van der Waals surface area (Å²) in [5.74, 6) is -0.368. The molecule has 1 heterocycles. The number of fused-ring (bicyclic) bond motifs is 1. The molecule has 0 spiro atoms. The summed E-state index contributed by atoms with van der Waals surface area (Å²) in [4.78, 5) is 26.4. The smallest absolute Gasteiger partial charge is 0.242 e. The first-order valence-corrected chi connectivity index (χ1v) is 12.3. The molecule has 0 radical (unpaired) electrons. The zero-order chi connectivity index (χ0) is 23.6. The molecule has 1 aliphatic heterocycles. The van der Waals surface area contributed by atoms with Gasteiger partial charge in [0.1, 0.15) is 6.04 Å². The lowest BCUT2D eigenvalue weighted by molar-refractivity contribution is -0.118. The third-order valence-electron chi connectivity index (χ3n) is 5.71. The van der Waals surface area contributed by atoms with E-state index in [2.05, 4.69) is 23.9 Å². The molecule has 2 amide bonds. The molecule has 1 atom stereocenters. The van der Waals surface area contributed by atoms with Crippen molar-refractivity contribution in [3.63, 3.8) is 0 Å². The first-order valence-electron chi connectivity index (χ1n) is 10.8. The van der Waals surface area contributed by atoms with Crippen molar-refractivity contribution in [1.29, 1.82) is 0 Å².